The maximum atomic E-state index is 13.2. The van der Waals surface area contributed by atoms with Gasteiger partial charge in [0.05, 0.1) is 22.1 Å². The van der Waals surface area contributed by atoms with Crippen LogP contribution in [0.2, 0.25) is 0 Å². The summed E-state index contributed by atoms with van der Waals surface area (Å²) in [4.78, 5) is 29.4. The quantitative estimate of drug-likeness (QED) is 0.250. The summed E-state index contributed by atoms with van der Waals surface area (Å²) in [5, 5.41) is 12.0. The van der Waals surface area contributed by atoms with Crippen molar-refractivity contribution in [3.05, 3.63) is 91.9 Å². The van der Waals surface area contributed by atoms with Crippen molar-refractivity contribution in [1.82, 2.24) is 9.55 Å². The molecule has 4 rings (SSSR count). The van der Waals surface area contributed by atoms with Crippen molar-refractivity contribution >= 4 is 29.2 Å². The molecule has 29 heavy (non-hydrogen) atoms. The summed E-state index contributed by atoms with van der Waals surface area (Å²) in [6, 6.07) is 16.4. The zero-order valence-corrected chi connectivity index (χ0v) is 17.4. The Kier molecular flexibility index (Phi) is 5.73. The maximum Gasteiger partial charge on any atom is 0.269 e. The standard InChI is InChI=1S/C21H19N3O3S2/c1-14-10-18-19(29-14)20(25)23(12-15-6-3-2-4-7-15)21(22-18)28-13-16-8-5-9-17(11-16)24(26)27/h2-9,11,14H,10,12-13H2,1H3. The van der Waals surface area contributed by atoms with Gasteiger partial charge in [-0.05, 0) is 11.1 Å². The molecule has 6 nitrogen and oxygen atoms in total. The van der Waals surface area contributed by atoms with E-state index in [9.17, 15) is 14.9 Å². The van der Waals surface area contributed by atoms with E-state index in [0.717, 1.165) is 28.1 Å². The van der Waals surface area contributed by atoms with E-state index in [1.807, 2.05) is 36.4 Å². The summed E-state index contributed by atoms with van der Waals surface area (Å²) >= 11 is 3.03. The molecule has 0 N–H and O–H groups in total. The summed E-state index contributed by atoms with van der Waals surface area (Å²) in [5.41, 5.74) is 2.78. The molecule has 148 valence electrons. The lowest BCUT2D eigenvalue weighted by atomic mass is 10.2. The van der Waals surface area contributed by atoms with Gasteiger partial charge in [0, 0.05) is 29.6 Å². The van der Waals surface area contributed by atoms with Gasteiger partial charge in [-0.15, -0.1) is 11.8 Å². The molecule has 2 heterocycles. The topological polar surface area (TPSA) is 78.0 Å². The minimum absolute atomic E-state index is 0.00487. The highest BCUT2D eigenvalue weighted by molar-refractivity contribution is 8.00. The third-order valence-corrected chi connectivity index (χ3v) is 6.90. The van der Waals surface area contributed by atoms with Crippen LogP contribution in [0.3, 0.4) is 0 Å². The number of non-ortho nitro benzene ring substituents is 1. The molecule has 1 aliphatic heterocycles. The molecule has 0 fully saturated rings. The van der Waals surface area contributed by atoms with Crippen molar-refractivity contribution in [2.45, 2.75) is 40.9 Å². The van der Waals surface area contributed by atoms with E-state index in [0.29, 0.717) is 22.7 Å². The Labute approximate surface area is 176 Å². The molecule has 0 saturated carbocycles. The van der Waals surface area contributed by atoms with Crippen LogP contribution in [0.5, 0.6) is 0 Å². The largest absolute Gasteiger partial charge is 0.282 e. The van der Waals surface area contributed by atoms with Crippen LogP contribution in [0, 0.1) is 10.1 Å². The van der Waals surface area contributed by atoms with Gasteiger partial charge in [-0.3, -0.25) is 19.5 Å². The number of benzene rings is 2. The first-order valence-electron chi connectivity index (χ1n) is 9.21. The number of hydrogen-bond acceptors (Lipinski definition) is 6. The van der Waals surface area contributed by atoms with Crippen LogP contribution in [0.1, 0.15) is 23.7 Å². The first kappa shape index (κ1) is 19.7. The predicted octanol–water partition coefficient (Wildman–Crippen LogP) is 4.53. The Hall–Kier alpha value is -2.58. The van der Waals surface area contributed by atoms with Crippen LogP contribution < -0.4 is 5.56 Å². The van der Waals surface area contributed by atoms with Crippen molar-refractivity contribution < 1.29 is 4.92 Å². The van der Waals surface area contributed by atoms with E-state index in [1.54, 1.807) is 28.5 Å². The molecule has 0 bridgehead atoms. The molecule has 1 atom stereocenters. The van der Waals surface area contributed by atoms with Crippen LogP contribution in [0.25, 0.3) is 0 Å². The van der Waals surface area contributed by atoms with E-state index >= 15 is 0 Å². The third kappa shape index (κ3) is 4.38. The molecule has 0 amide bonds. The number of rotatable bonds is 6. The third-order valence-electron chi connectivity index (χ3n) is 4.64. The zero-order valence-electron chi connectivity index (χ0n) is 15.8. The highest BCUT2D eigenvalue weighted by atomic mass is 32.2. The predicted molar refractivity (Wildman–Crippen MR) is 116 cm³/mol. The number of nitro benzene ring substituents is 1. The summed E-state index contributed by atoms with van der Waals surface area (Å²) in [6.07, 6.45) is 0.784. The van der Waals surface area contributed by atoms with E-state index < -0.39 is 4.92 Å². The number of thioether (sulfide) groups is 2. The van der Waals surface area contributed by atoms with Crippen molar-refractivity contribution in [2.24, 2.45) is 0 Å². The molecule has 0 spiro atoms. The van der Waals surface area contributed by atoms with Gasteiger partial charge < -0.3 is 0 Å². The van der Waals surface area contributed by atoms with Crippen molar-refractivity contribution in [2.75, 3.05) is 0 Å². The van der Waals surface area contributed by atoms with E-state index in [4.69, 9.17) is 4.98 Å². The van der Waals surface area contributed by atoms with Crippen LogP contribution in [0.15, 0.2) is 69.4 Å². The van der Waals surface area contributed by atoms with Gasteiger partial charge in [-0.1, -0.05) is 61.2 Å². The Morgan fingerprint density at radius 1 is 1.21 bits per heavy atom. The van der Waals surface area contributed by atoms with Gasteiger partial charge in [-0.25, -0.2) is 4.98 Å². The van der Waals surface area contributed by atoms with Gasteiger partial charge in [0.1, 0.15) is 0 Å². The fraction of sp³-hybridized carbons (Fsp3) is 0.238. The van der Waals surface area contributed by atoms with E-state index in [1.165, 1.54) is 17.8 Å². The number of aromatic nitrogens is 2. The van der Waals surface area contributed by atoms with Gasteiger partial charge >= 0.3 is 0 Å². The van der Waals surface area contributed by atoms with E-state index in [-0.39, 0.29) is 11.2 Å². The van der Waals surface area contributed by atoms with Crippen LogP contribution in [-0.2, 0) is 18.7 Å². The second kappa shape index (κ2) is 8.42. The highest BCUT2D eigenvalue weighted by Crippen LogP contribution is 2.35. The molecule has 1 aromatic heterocycles. The van der Waals surface area contributed by atoms with Gasteiger partial charge in [0.25, 0.3) is 11.2 Å². The lowest BCUT2D eigenvalue weighted by Gasteiger charge is -2.14. The highest BCUT2D eigenvalue weighted by Gasteiger charge is 2.26. The molecule has 0 aliphatic carbocycles. The van der Waals surface area contributed by atoms with Gasteiger partial charge in [-0.2, -0.15) is 0 Å². The van der Waals surface area contributed by atoms with Crippen LogP contribution in [0.4, 0.5) is 5.69 Å². The fourth-order valence-electron chi connectivity index (χ4n) is 3.25. The molecule has 1 aliphatic rings. The molecular formula is C21H19N3O3S2. The first-order valence-corrected chi connectivity index (χ1v) is 11.1. The SMILES string of the molecule is CC1Cc2nc(SCc3cccc([N+](=O)[O-])c3)n(Cc3ccccc3)c(=O)c2S1. The fourth-order valence-corrected chi connectivity index (χ4v) is 5.33. The Morgan fingerprint density at radius 2 is 1.97 bits per heavy atom. The zero-order chi connectivity index (χ0) is 20.4. The Bertz CT molecular complexity index is 1120. The van der Waals surface area contributed by atoms with Crippen molar-refractivity contribution in [1.29, 1.82) is 0 Å². The monoisotopic (exact) mass is 425 g/mol. The van der Waals surface area contributed by atoms with Crippen LogP contribution in [-0.4, -0.2) is 19.7 Å². The number of fused-ring (bicyclic) bond motifs is 1. The molecular weight excluding hydrogens is 406 g/mol. The lowest BCUT2D eigenvalue weighted by Crippen LogP contribution is -2.25. The normalized spacial score (nSPS) is 15.3. The van der Waals surface area contributed by atoms with Crippen LogP contribution >= 0.6 is 23.5 Å². The molecule has 1 unspecified atom stereocenters. The molecule has 0 saturated heterocycles. The lowest BCUT2D eigenvalue weighted by molar-refractivity contribution is -0.384. The molecule has 3 aromatic rings. The van der Waals surface area contributed by atoms with Gasteiger partial charge in [0.2, 0.25) is 0 Å². The Balaban J connectivity index is 1.67. The number of nitrogens with zero attached hydrogens (tertiary/aromatic N) is 3. The average Bonchev–Trinajstić information content (AvgIpc) is 3.10. The Morgan fingerprint density at radius 3 is 2.72 bits per heavy atom. The molecule has 0 radical (unpaired) electrons. The summed E-state index contributed by atoms with van der Waals surface area (Å²) in [6.45, 7) is 2.55. The summed E-state index contributed by atoms with van der Waals surface area (Å²) in [5.74, 6) is 0.504. The second-order valence-electron chi connectivity index (χ2n) is 6.90. The van der Waals surface area contributed by atoms with E-state index in [2.05, 4.69) is 6.92 Å². The average molecular weight is 426 g/mol. The summed E-state index contributed by atoms with van der Waals surface area (Å²) < 4.78 is 1.72. The summed E-state index contributed by atoms with van der Waals surface area (Å²) in [7, 11) is 0. The smallest absolute Gasteiger partial charge is 0.269 e. The molecule has 8 heteroatoms. The molecule has 2 aromatic carbocycles. The van der Waals surface area contributed by atoms with Gasteiger partial charge in [0.15, 0.2) is 5.16 Å². The first-order chi connectivity index (χ1) is 14.0. The minimum Gasteiger partial charge on any atom is -0.282 e. The van der Waals surface area contributed by atoms with Crippen molar-refractivity contribution in [3.8, 4) is 0 Å². The number of hydrogen-bond donors (Lipinski definition) is 0. The number of nitro groups is 1. The second-order valence-corrected chi connectivity index (χ2v) is 9.29. The minimum atomic E-state index is -0.397. The van der Waals surface area contributed by atoms with Crippen molar-refractivity contribution in [3.63, 3.8) is 0 Å². The maximum absolute atomic E-state index is 13.2.